The number of pyridine rings is 1. The van der Waals surface area contributed by atoms with Crippen LogP contribution in [0.1, 0.15) is 50.6 Å². The Morgan fingerprint density at radius 3 is 2.58 bits per heavy atom. The summed E-state index contributed by atoms with van der Waals surface area (Å²) in [6.45, 7) is 2.06. The molecule has 0 aliphatic carbocycles. The van der Waals surface area contributed by atoms with E-state index in [0.717, 1.165) is 54.1 Å². The van der Waals surface area contributed by atoms with Gasteiger partial charge in [0.15, 0.2) is 11.6 Å². The normalized spacial score (nSPS) is 15.1. The molecule has 166 valence electrons. The summed E-state index contributed by atoms with van der Waals surface area (Å²) >= 11 is 1.08. The number of carboxylic acids is 1. The lowest BCUT2D eigenvalue weighted by Gasteiger charge is -2.17. The van der Waals surface area contributed by atoms with Crippen LogP contribution in [-0.4, -0.2) is 26.3 Å². The number of halogens is 2. The van der Waals surface area contributed by atoms with Gasteiger partial charge in [-0.05, 0) is 30.5 Å². The van der Waals surface area contributed by atoms with Crippen molar-refractivity contribution < 1.29 is 23.6 Å². The highest BCUT2D eigenvalue weighted by molar-refractivity contribution is 7.99. The number of hydrogen-bond donors (Lipinski definition) is 1. The molecule has 0 fully saturated rings. The molecule has 1 N–H and O–H groups in total. The first-order valence-electron chi connectivity index (χ1n) is 10.0. The minimum atomic E-state index is -1.29. The van der Waals surface area contributed by atoms with Gasteiger partial charge in [-0.3, -0.25) is 19.5 Å². The molecule has 2 aromatic rings. The van der Waals surface area contributed by atoms with Crippen molar-refractivity contribution in [1.29, 1.82) is 0 Å². The van der Waals surface area contributed by atoms with Gasteiger partial charge in [0.05, 0.1) is 9.95 Å². The lowest BCUT2D eigenvalue weighted by Crippen LogP contribution is -2.31. The molecule has 0 unspecified atom stereocenters. The smallest absolute Gasteiger partial charge is 0.337 e. The largest absolute Gasteiger partial charge is 0.480 e. The molecule has 0 radical (unpaired) electrons. The standard InChI is InChI=1S/C21H22F2N2O5S/c1-2-3-4-5-6-7-13-17(12-8-9-14(22)15(23)10-12)20-24(16(11-31-20)21(27)28)19(26)18(13)25(29)30/h8-10,16H,2-7,11H2,1H3,(H,27,28)/t16-/m0/s1. The number of carbonyl (C=O) groups is 1. The maximum Gasteiger partial charge on any atom is 0.337 e. The summed E-state index contributed by atoms with van der Waals surface area (Å²) in [4.78, 5) is 35.7. The van der Waals surface area contributed by atoms with Gasteiger partial charge in [0.2, 0.25) is 0 Å². The second-order valence-electron chi connectivity index (χ2n) is 7.40. The van der Waals surface area contributed by atoms with Crippen LogP contribution in [0.4, 0.5) is 14.5 Å². The maximum absolute atomic E-state index is 14.0. The molecular formula is C21H22F2N2O5S. The number of aliphatic carboxylic acids is 1. The van der Waals surface area contributed by atoms with Crippen LogP contribution in [0.25, 0.3) is 11.1 Å². The average Bonchev–Trinajstić information content (AvgIpc) is 3.15. The topological polar surface area (TPSA) is 102 Å². The van der Waals surface area contributed by atoms with Crippen molar-refractivity contribution in [1.82, 2.24) is 4.57 Å². The summed E-state index contributed by atoms with van der Waals surface area (Å²) in [6.07, 6.45) is 4.55. The van der Waals surface area contributed by atoms with Crippen molar-refractivity contribution in [2.75, 3.05) is 5.75 Å². The monoisotopic (exact) mass is 452 g/mol. The molecule has 1 aliphatic rings. The molecule has 0 saturated heterocycles. The van der Waals surface area contributed by atoms with Gasteiger partial charge >= 0.3 is 17.2 Å². The third kappa shape index (κ3) is 4.48. The fourth-order valence-corrected chi connectivity index (χ4v) is 5.17. The number of carboxylic acid groups (broad SMARTS) is 1. The molecule has 7 nitrogen and oxygen atoms in total. The van der Waals surface area contributed by atoms with Crippen molar-refractivity contribution in [2.45, 2.75) is 56.5 Å². The highest BCUT2D eigenvalue weighted by Crippen LogP contribution is 2.44. The number of benzene rings is 1. The third-order valence-electron chi connectivity index (χ3n) is 5.34. The quantitative estimate of drug-likeness (QED) is 0.328. The van der Waals surface area contributed by atoms with Crippen LogP contribution in [0.15, 0.2) is 28.0 Å². The van der Waals surface area contributed by atoms with E-state index in [1.165, 1.54) is 6.07 Å². The van der Waals surface area contributed by atoms with Crippen LogP contribution in [-0.2, 0) is 11.2 Å². The van der Waals surface area contributed by atoms with E-state index < -0.39 is 39.8 Å². The van der Waals surface area contributed by atoms with E-state index in [2.05, 4.69) is 6.92 Å². The zero-order valence-electron chi connectivity index (χ0n) is 16.9. The Balaban J connectivity index is 2.25. The second-order valence-corrected chi connectivity index (χ2v) is 8.41. The van der Waals surface area contributed by atoms with Crippen LogP contribution in [0, 0.1) is 21.7 Å². The average molecular weight is 452 g/mol. The van der Waals surface area contributed by atoms with E-state index in [4.69, 9.17) is 0 Å². The van der Waals surface area contributed by atoms with E-state index in [1.807, 2.05) is 0 Å². The number of rotatable bonds is 9. The second kappa shape index (κ2) is 9.59. The number of nitrogens with zero attached hydrogens (tertiary/aromatic N) is 2. The summed E-state index contributed by atoms with van der Waals surface area (Å²) in [5, 5.41) is 21.6. The van der Waals surface area contributed by atoms with Gasteiger partial charge in [-0.1, -0.05) is 38.7 Å². The number of nitro groups is 1. The van der Waals surface area contributed by atoms with Gasteiger partial charge < -0.3 is 5.11 Å². The van der Waals surface area contributed by atoms with Crippen LogP contribution in [0.2, 0.25) is 0 Å². The Kier molecular flexibility index (Phi) is 7.09. The van der Waals surface area contributed by atoms with Crippen molar-refractivity contribution in [3.63, 3.8) is 0 Å². The minimum Gasteiger partial charge on any atom is -0.480 e. The summed E-state index contributed by atoms with van der Waals surface area (Å²) in [5.41, 5.74) is -1.13. The first kappa shape index (κ1) is 22.9. The van der Waals surface area contributed by atoms with Gasteiger partial charge in [-0.2, -0.15) is 0 Å². The number of unbranched alkanes of at least 4 members (excludes halogenated alkanes) is 4. The molecule has 1 aliphatic heterocycles. The summed E-state index contributed by atoms with van der Waals surface area (Å²) in [6, 6.07) is 1.86. The van der Waals surface area contributed by atoms with Gasteiger partial charge in [0, 0.05) is 16.9 Å². The molecule has 0 amide bonds. The molecule has 3 rings (SSSR count). The number of fused-ring (bicyclic) bond motifs is 1. The third-order valence-corrected chi connectivity index (χ3v) is 6.49. The number of hydrogen-bond acceptors (Lipinski definition) is 5. The van der Waals surface area contributed by atoms with Crippen molar-refractivity contribution in [3.8, 4) is 11.1 Å². The minimum absolute atomic E-state index is 0.0123. The molecule has 0 spiro atoms. The Labute approximate surface area is 181 Å². The molecule has 31 heavy (non-hydrogen) atoms. The fraction of sp³-hybridized carbons (Fsp3) is 0.429. The molecule has 2 heterocycles. The highest BCUT2D eigenvalue weighted by atomic mass is 32.2. The van der Waals surface area contributed by atoms with Crippen LogP contribution >= 0.6 is 11.8 Å². The van der Waals surface area contributed by atoms with E-state index in [-0.39, 0.29) is 33.9 Å². The molecule has 1 aromatic carbocycles. The van der Waals surface area contributed by atoms with Gasteiger partial charge in [-0.25, -0.2) is 13.6 Å². The lowest BCUT2D eigenvalue weighted by molar-refractivity contribution is -0.387. The predicted octanol–water partition coefficient (Wildman–Crippen LogP) is 4.95. The van der Waals surface area contributed by atoms with Gasteiger partial charge in [0.1, 0.15) is 6.04 Å². The predicted molar refractivity (Wildman–Crippen MR) is 113 cm³/mol. The Morgan fingerprint density at radius 1 is 1.26 bits per heavy atom. The molecule has 0 bridgehead atoms. The van der Waals surface area contributed by atoms with E-state index in [9.17, 15) is 33.6 Å². The Bertz CT molecular complexity index is 1090. The SMILES string of the molecule is CCCCCCCc1c(-c2ccc(F)c(F)c2)c2n(c(=O)c1[N+](=O)[O-])[C@H](C(=O)O)CS2. The van der Waals surface area contributed by atoms with Crippen molar-refractivity contribution >= 4 is 23.4 Å². The molecule has 0 saturated carbocycles. The van der Waals surface area contributed by atoms with E-state index in [0.29, 0.717) is 6.42 Å². The first-order chi connectivity index (χ1) is 14.8. The first-order valence-corrected chi connectivity index (χ1v) is 11.0. The van der Waals surface area contributed by atoms with Crippen molar-refractivity contribution in [2.24, 2.45) is 0 Å². The zero-order valence-corrected chi connectivity index (χ0v) is 17.7. The Hall–Kier alpha value is -2.75. The van der Waals surface area contributed by atoms with Crippen LogP contribution in [0.5, 0.6) is 0 Å². The lowest BCUT2D eigenvalue weighted by atomic mass is 9.95. The molecular weight excluding hydrogens is 430 g/mol. The van der Waals surface area contributed by atoms with Crippen molar-refractivity contribution in [3.05, 3.63) is 55.9 Å². The summed E-state index contributed by atoms with van der Waals surface area (Å²) in [5.74, 6) is -3.47. The molecule has 10 heteroatoms. The number of aromatic nitrogens is 1. The number of thioether (sulfide) groups is 1. The van der Waals surface area contributed by atoms with Gasteiger partial charge in [-0.15, -0.1) is 11.8 Å². The van der Waals surface area contributed by atoms with Gasteiger partial charge in [0.25, 0.3) is 0 Å². The molecule has 1 atom stereocenters. The van der Waals surface area contributed by atoms with E-state index in [1.54, 1.807) is 0 Å². The van der Waals surface area contributed by atoms with E-state index >= 15 is 0 Å². The summed E-state index contributed by atoms with van der Waals surface area (Å²) in [7, 11) is 0. The van der Waals surface area contributed by atoms with Crippen LogP contribution < -0.4 is 5.56 Å². The molecule has 1 aromatic heterocycles. The zero-order chi connectivity index (χ0) is 22.7. The highest BCUT2D eigenvalue weighted by Gasteiger charge is 2.38. The summed E-state index contributed by atoms with van der Waals surface area (Å²) < 4.78 is 28.4. The van der Waals surface area contributed by atoms with Crippen LogP contribution in [0.3, 0.4) is 0 Å². The maximum atomic E-state index is 14.0. The fourth-order valence-electron chi connectivity index (χ4n) is 3.83. The Morgan fingerprint density at radius 2 is 1.97 bits per heavy atom.